The highest BCUT2D eigenvalue weighted by molar-refractivity contribution is 6.46. The van der Waals surface area contributed by atoms with Crippen molar-refractivity contribution in [2.75, 3.05) is 0 Å². The molecular weight excluding hydrogens is 366 g/mol. The Morgan fingerprint density at radius 3 is 2.48 bits per heavy atom. The zero-order valence-corrected chi connectivity index (χ0v) is 15.8. The van der Waals surface area contributed by atoms with Crippen LogP contribution in [0.3, 0.4) is 0 Å². The third-order valence-corrected chi connectivity index (χ3v) is 4.91. The van der Waals surface area contributed by atoms with Crippen LogP contribution in [0.15, 0.2) is 78.8 Å². The summed E-state index contributed by atoms with van der Waals surface area (Å²) in [6.07, 6.45) is 4.89. The number of rotatable bonds is 4. The van der Waals surface area contributed by atoms with Gasteiger partial charge in [-0.15, -0.1) is 0 Å². The number of pyridine rings is 2. The number of carbonyl (C=O) groups is 2. The molecular formula is C23H19N3O3. The molecule has 29 heavy (non-hydrogen) atoms. The highest BCUT2D eigenvalue weighted by atomic mass is 16.3. The zero-order chi connectivity index (χ0) is 20.4. The van der Waals surface area contributed by atoms with Crippen molar-refractivity contribution in [2.45, 2.75) is 19.5 Å². The molecule has 1 amide bonds. The highest BCUT2D eigenvalue weighted by Gasteiger charge is 2.46. The molecule has 0 bridgehead atoms. The number of hydrogen-bond acceptors (Lipinski definition) is 5. The van der Waals surface area contributed by atoms with E-state index in [2.05, 4.69) is 9.97 Å². The number of aryl methyl sites for hydroxylation is 1. The lowest BCUT2D eigenvalue weighted by Crippen LogP contribution is -2.29. The third kappa shape index (κ3) is 3.52. The van der Waals surface area contributed by atoms with Gasteiger partial charge in [-0.1, -0.05) is 42.0 Å². The lowest BCUT2D eigenvalue weighted by Gasteiger charge is -2.24. The van der Waals surface area contributed by atoms with E-state index in [1.807, 2.05) is 25.1 Å². The monoisotopic (exact) mass is 385 g/mol. The van der Waals surface area contributed by atoms with E-state index in [9.17, 15) is 14.7 Å². The fraction of sp³-hybridized carbons (Fsp3) is 0.130. The highest BCUT2D eigenvalue weighted by Crippen LogP contribution is 2.39. The average molecular weight is 385 g/mol. The Morgan fingerprint density at radius 2 is 1.83 bits per heavy atom. The first-order chi connectivity index (χ1) is 14.1. The molecule has 1 N–H and O–H groups in total. The third-order valence-electron chi connectivity index (χ3n) is 4.91. The summed E-state index contributed by atoms with van der Waals surface area (Å²) in [5.41, 5.74) is 2.85. The van der Waals surface area contributed by atoms with Gasteiger partial charge >= 0.3 is 0 Å². The Labute approximate surface area is 168 Å². The quantitative estimate of drug-likeness (QED) is 0.423. The van der Waals surface area contributed by atoms with Gasteiger partial charge in [-0.2, -0.15) is 0 Å². The Balaban J connectivity index is 1.85. The van der Waals surface area contributed by atoms with Gasteiger partial charge in [-0.3, -0.25) is 19.6 Å². The first kappa shape index (κ1) is 18.6. The Kier molecular flexibility index (Phi) is 4.91. The molecule has 3 heterocycles. The van der Waals surface area contributed by atoms with Crippen LogP contribution in [0.2, 0.25) is 0 Å². The van der Waals surface area contributed by atoms with Crippen molar-refractivity contribution < 1.29 is 14.7 Å². The molecule has 3 aromatic rings. The van der Waals surface area contributed by atoms with Crippen LogP contribution < -0.4 is 0 Å². The van der Waals surface area contributed by atoms with E-state index in [0.717, 1.165) is 11.1 Å². The van der Waals surface area contributed by atoms with E-state index in [1.54, 1.807) is 55.0 Å². The van der Waals surface area contributed by atoms with Gasteiger partial charge in [0.05, 0.1) is 11.3 Å². The summed E-state index contributed by atoms with van der Waals surface area (Å²) in [6, 6.07) is 15.3. The minimum Gasteiger partial charge on any atom is -0.507 e. The van der Waals surface area contributed by atoms with Crippen LogP contribution in [-0.2, 0) is 16.1 Å². The summed E-state index contributed by atoms with van der Waals surface area (Å²) in [5, 5.41) is 11.0. The van der Waals surface area contributed by atoms with Gasteiger partial charge in [-0.05, 0) is 30.7 Å². The van der Waals surface area contributed by atoms with Gasteiger partial charge in [0, 0.05) is 30.7 Å². The Morgan fingerprint density at radius 1 is 1.03 bits per heavy atom. The number of ketones is 1. The van der Waals surface area contributed by atoms with Crippen LogP contribution in [0.4, 0.5) is 0 Å². The van der Waals surface area contributed by atoms with E-state index in [0.29, 0.717) is 11.3 Å². The summed E-state index contributed by atoms with van der Waals surface area (Å²) >= 11 is 0. The number of aromatic nitrogens is 2. The second-order valence-corrected chi connectivity index (χ2v) is 6.91. The number of carbonyl (C=O) groups excluding carboxylic acids is 2. The second kappa shape index (κ2) is 7.67. The largest absolute Gasteiger partial charge is 0.507 e. The van der Waals surface area contributed by atoms with Crippen molar-refractivity contribution in [3.05, 3.63) is 101 Å². The summed E-state index contributed by atoms with van der Waals surface area (Å²) in [4.78, 5) is 35.7. The molecule has 0 saturated carbocycles. The van der Waals surface area contributed by atoms with Crippen LogP contribution in [-0.4, -0.2) is 31.7 Å². The van der Waals surface area contributed by atoms with E-state index >= 15 is 0 Å². The SMILES string of the molecule is Cc1ccc(C(O)=C2C(=O)C(=O)N(Cc3cccnc3)[C@@H]2c2ccccn2)cc1. The molecule has 144 valence electrons. The molecule has 1 aliphatic heterocycles. The molecule has 1 saturated heterocycles. The molecule has 0 spiro atoms. The topological polar surface area (TPSA) is 83.4 Å². The minimum atomic E-state index is -0.780. The van der Waals surface area contributed by atoms with Crippen molar-refractivity contribution >= 4 is 17.4 Å². The number of Topliss-reactive ketones (excluding diaryl/α,β-unsaturated/α-hetero) is 1. The summed E-state index contributed by atoms with van der Waals surface area (Å²) in [6.45, 7) is 2.12. The molecule has 0 radical (unpaired) electrons. The molecule has 1 aliphatic rings. The predicted molar refractivity (Wildman–Crippen MR) is 107 cm³/mol. The van der Waals surface area contributed by atoms with Crippen LogP contribution in [0.5, 0.6) is 0 Å². The number of nitrogens with zero attached hydrogens (tertiary/aromatic N) is 3. The molecule has 6 nitrogen and oxygen atoms in total. The summed E-state index contributed by atoms with van der Waals surface area (Å²) in [5.74, 6) is -1.59. The fourth-order valence-electron chi connectivity index (χ4n) is 3.44. The molecule has 4 rings (SSSR count). The number of likely N-dealkylation sites (tertiary alicyclic amines) is 1. The maximum atomic E-state index is 12.9. The van der Waals surface area contributed by atoms with Gasteiger partial charge in [0.25, 0.3) is 11.7 Å². The maximum Gasteiger partial charge on any atom is 0.296 e. The van der Waals surface area contributed by atoms with Crippen molar-refractivity contribution in [3.63, 3.8) is 0 Å². The molecule has 0 unspecified atom stereocenters. The number of aliphatic hydroxyl groups is 1. The number of benzene rings is 1. The van der Waals surface area contributed by atoms with E-state index < -0.39 is 17.7 Å². The molecule has 0 aliphatic carbocycles. The Bertz CT molecular complexity index is 1080. The van der Waals surface area contributed by atoms with E-state index in [1.165, 1.54) is 4.90 Å². The lowest BCUT2D eigenvalue weighted by molar-refractivity contribution is -0.140. The van der Waals surface area contributed by atoms with Crippen molar-refractivity contribution in [3.8, 4) is 0 Å². The number of hydrogen-bond donors (Lipinski definition) is 1. The first-order valence-electron chi connectivity index (χ1n) is 9.21. The van der Waals surface area contributed by atoms with Crippen LogP contribution >= 0.6 is 0 Å². The Hall–Kier alpha value is -3.80. The van der Waals surface area contributed by atoms with Crippen molar-refractivity contribution in [1.82, 2.24) is 14.9 Å². The number of aliphatic hydroxyl groups excluding tert-OH is 1. The molecule has 1 fully saturated rings. The summed E-state index contributed by atoms with van der Waals surface area (Å²) in [7, 11) is 0. The smallest absolute Gasteiger partial charge is 0.296 e. The van der Waals surface area contributed by atoms with Gasteiger partial charge < -0.3 is 10.0 Å². The molecule has 1 aromatic carbocycles. The summed E-state index contributed by atoms with van der Waals surface area (Å²) < 4.78 is 0. The molecule has 2 aromatic heterocycles. The standard InChI is InChI=1S/C23H19N3O3/c1-15-7-9-17(10-8-15)21(27)19-20(18-6-2-3-12-25-18)26(23(29)22(19)28)14-16-5-4-11-24-13-16/h2-13,20,27H,14H2,1H3/t20-/m1/s1. The van der Waals surface area contributed by atoms with E-state index in [-0.39, 0.29) is 17.9 Å². The first-order valence-corrected chi connectivity index (χ1v) is 9.21. The minimum absolute atomic E-state index is 0.0430. The van der Waals surface area contributed by atoms with Crippen LogP contribution in [0, 0.1) is 6.92 Å². The van der Waals surface area contributed by atoms with E-state index in [4.69, 9.17) is 0 Å². The second-order valence-electron chi connectivity index (χ2n) is 6.91. The van der Waals surface area contributed by atoms with Crippen LogP contribution in [0.25, 0.3) is 5.76 Å². The fourth-order valence-corrected chi connectivity index (χ4v) is 3.44. The van der Waals surface area contributed by atoms with Gasteiger partial charge in [0.15, 0.2) is 0 Å². The van der Waals surface area contributed by atoms with Gasteiger partial charge in [0.1, 0.15) is 11.8 Å². The molecule has 6 heteroatoms. The lowest BCUT2D eigenvalue weighted by atomic mass is 9.98. The normalized spacial score (nSPS) is 18.2. The maximum absolute atomic E-state index is 12.9. The predicted octanol–water partition coefficient (Wildman–Crippen LogP) is 3.41. The van der Waals surface area contributed by atoms with Gasteiger partial charge in [-0.25, -0.2) is 0 Å². The average Bonchev–Trinajstić information content (AvgIpc) is 3.00. The van der Waals surface area contributed by atoms with Crippen molar-refractivity contribution in [2.24, 2.45) is 0 Å². The van der Waals surface area contributed by atoms with Gasteiger partial charge in [0.2, 0.25) is 0 Å². The molecule has 1 atom stereocenters. The number of amides is 1. The van der Waals surface area contributed by atoms with Crippen molar-refractivity contribution in [1.29, 1.82) is 0 Å². The zero-order valence-electron chi connectivity index (χ0n) is 15.8. The van der Waals surface area contributed by atoms with Crippen LogP contribution in [0.1, 0.15) is 28.4 Å².